The molecule has 0 aliphatic carbocycles. The molecule has 3 rings (SSSR count). The van der Waals surface area contributed by atoms with E-state index in [1.807, 2.05) is 4.90 Å². The highest BCUT2D eigenvalue weighted by molar-refractivity contribution is 8.26. The summed E-state index contributed by atoms with van der Waals surface area (Å²) in [5.74, 6) is 0.895. The van der Waals surface area contributed by atoms with Gasteiger partial charge in [0, 0.05) is 23.7 Å². The molecule has 0 radical (unpaired) electrons. The van der Waals surface area contributed by atoms with Crippen molar-refractivity contribution < 1.29 is 14.3 Å². The van der Waals surface area contributed by atoms with Crippen LogP contribution in [0, 0.1) is 5.92 Å². The van der Waals surface area contributed by atoms with Gasteiger partial charge in [-0.15, -0.1) is 0 Å². The van der Waals surface area contributed by atoms with Gasteiger partial charge < -0.3 is 15.0 Å². The SMILES string of the molecule is CC1CCN(C(=O)COc2ccc(Cl)cc2/C=C2\SC(=S)NC2=O)CC1. The van der Waals surface area contributed by atoms with Crippen molar-refractivity contribution in [1.82, 2.24) is 10.2 Å². The normalized spacial score (nSPS) is 19.8. The van der Waals surface area contributed by atoms with Crippen LogP contribution in [0.4, 0.5) is 0 Å². The van der Waals surface area contributed by atoms with Gasteiger partial charge in [-0.2, -0.15) is 0 Å². The largest absolute Gasteiger partial charge is 0.483 e. The Morgan fingerprint density at radius 2 is 2.19 bits per heavy atom. The number of halogens is 1. The highest BCUT2D eigenvalue weighted by atomic mass is 35.5. The zero-order chi connectivity index (χ0) is 18.7. The molecule has 2 aliphatic heterocycles. The monoisotopic (exact) mass is 410 g/mol. The molecule has 1 aromatic rings. The highest BCUT2D eigenvalue weighted by Gasteiger charge is 2.23. The smallest absolute Gasteiger partial charge is 0.263 e. The Hall–Kier alpha value is -1.57. The molecule has 0 bridgehead atoms. The van der Waals surface area contributed by atoms with Crippen LogP contribution in [0.15, 0.2) is 23.1 Å². The fourth-order valence-electron chi connectivity index (χ4n) is 2.81. The number of nitrogens with zero attached hydrogens (tertiary/aromatic N) is 1. The Labute approximate surface area is 167 Å². The van der Waals surface area contributed by atoms with Crippen LogP contribution in [0.5, 0.6) is 5.75 Å². The Morgan fingerprint density at radius 3 is 2.85 bits per heavy atom. The van der Waals surface area contributed by atoms with E-state index in [0.29, 0.717) is 31.5 Å². The van der Waals surface area contributed by atoms with Gasteiger partial charge in [0.2, 0.25) is 0 Å². The van der Waals surface area contributed by atoms with Gasteiger partial charge >= 0.3 is 0 Å². The van der Waals surface area contributed by atoms with E-state index in [2.05, 4.69) is 12.2 Å². The van der Waals surface area contributed by atoms with E-state index in [1.54, 1.807) is 24.3 Å². The number of nitrogens with one attached hydrogen (secondary N) is 1. The molecule has 0 saturated carbocycles. The second-order valence-corrected chi connectivity index (χ2v) is 8.54. The fraction of sp³-hybridized carbons (Fsp3) is 0.389. The summed E-state index contributed by atoms with van der Waals surface area (Å²) in [6, 6.07) is 5.10. The summed E-state index contributed by atoms with van der Waals surface area (Å²) in [4.78, 5) is 26.5. The molecule has 26 heavy (non-hydrogen) atoms. The first kappa shape index (κ1) is 19.2. The first-order chi connectivity index (χ1) is 12.4. The Kier molecular flexibility index (Phi) is 6.21. The Bertz CT molecular complexity index is 774. The molecule has 8 heteroatoms. The molecule has 0 spiro atoms. The lowest BCUT2D eigenvalue weighted by Gasteiger charge is -2.30. The standard InChI is InChI=1S/C18H19ClN2O3S2/c1-11-4-6-21(7-5-11)16(22)10-24-14-3-2-13(19)8-12(14)9-15-17(23)20-18(25)26-15/h2-3,8-9,11H,4-7,10H2,1H3,(H,20,23,25)/b15-9-. The molecule has 5 nitrogen and oxygen atoms in total. The summed E-state index contributed by atoms with van der Waals surface area (Å²) < 4.78 is 6.16. The van der Waals surface area contributed by atoms with E-state index >= 15 is 0 Å². The summed E-state index contributed by atoms with van der Waals surface area (Å²) >= 11 is 12.3. The van der Waals surface area contributed by atoms with Crippen LogP contribution >= 0.6 is 35.6 Å². The summed E-state index contributed by atoms with van der Waals surface area (Å²) in [5.41, 5.74) is 0.639. The van der Waals surface area contributed by atoms with Crippen LogP contribution in [0.25, 0.3) is 6.08 Å². The van der Waals surface area contributed by atoms with Gasteiger partial charge in [0.05, 0.1) is 4.91 Å². The molecule has 2 amide bonds. The van der Waals surface area contributed by atoms with Gasteiger partial charge in [0.15, 0.2) is 6.61 Å². The van der Waals surface area contributed by atoms with Gasteiger partial charge in [0.25, 0.3) is 11.8 Å². The van der Waals surface area contributed by atoms with E-state index in [0.717, 1.165) is 25.9 Å². The maximum atomic E-state index is 12.4. The number of hydrogen-bond acceptors (Lipinski definition) is 5. The Balaban J connectivity index is 1.70. The molecule has 2 saturated heterocycles. The second kappa shape index (κ2) is 8.41. The summed E-state index contributed by atoms with van der Waals surface area (Å²) in [6.07, 6.45) is 3.72. The second-order valence-electron chi connectivity index (χ2n) is 6.39. The van der Waals surface area contributed by atoms with Crippen molar-refractivity contribution in [2.75, 3.05) is 19.7 Å². The van der Waals surface area contributed by atoms with Gasteiger partial charge in [-0.3, -0.25) is 9.59 Å². The van der Waals surface area contributed by atoms with E-state index in [1.165, 1.54) is 11.8 Å². The van der Waals surface area contributed by atoms with Crippen molar-refractivity contribution >= 4 is 57.8 Å². The highest BCUT2D eigenvalue weighted by Crippen LogP contribution is 2.31. The van der Waals surface area contributed by atoms with Gasteiger partial charge in [-0.1, -0.05) is 42.5 Å². The molecule has 2 aliphatic rings. The first-order valence-electron chi connectivity index (χ1n) is 8.37. The van der Waals surface area contributed by atoms with Crippen LogP contribution < -0.4 is 10.1 Å². The molecule has 0 unspecified atom stereocenters. The molecule has 2 fully saturated rings. The molecular formula is C18H19ClN2O3S2. The van der Waals surface area contributed by atoms with Crippen molar-refractivity contribution in [2.24, 2.45) is 5.92 Å². The van der Waals surface area contributed by atoms with E-state index < -0.39 is 0 Å². The third kappa shape index (κ3) is 4.78. The van der Waals surface area contributed by atoms with E-state index in [4.69, 9.17) is 28.6 Å². The van der Waals surface area contributed by atoms with Gasteiger partial charge in [0.1, 0.15) is 10.1 Å². The third-order valence-corrected chi connectivity index (χ3v) is 5.79. The van der Waals surface area contributed by atoms with Gasteiger partial charge in [-0.05, 0) is 43.0 Å². The number of carbonyl (C=O) groups excluding carboxylic acids is 2. The predicted molar refractivity (Wildman–Crippen MR) is 108 cm³/mol. The van der Waals surface area contributed by atoms with Crippen molar-refractivity contribution in [3.8, 4) is 5.75 Å². The third-order valence-electron chi connectivity index (χ3n) is 4.39. The minimum absolute atomic E-state index is 0.0281. The van der Waals surface area contributed by atoms with E-state index in [9.17, 15) is 9.59 Å². The average Bonchev–Trinajstić information content (AvgIpc) is 2.92. The minimum atomic E-state index is -0.246. The number of amides is 2. The van der Waals surface area contributed by atoms with Crippen LogP contribution in [0.3, 0.4) is 0 Å². The number of ether oxygens (including phenoxy) is 1. The summed E-state index contributed by atoms with van der Waals surface area (Å²) in [6.45, 7) is 3.71. The Morgan fingerprint density at radius 1 is 1.46 bits per heavy atom. The maximum absolute atomic E-state index is 12.4. The fourth-order valence-corrected chi connectivity index (χ4v) is 4.03. The molecule has 138 valence electrons. The number of benzene rings is 1. The van der Waals surface area contributed by atoms with Crippen LogP contribution in [-0.2, 0) is 9.59 Å². The zero-order valence-corrected chi connectivity index (χ0v) is 16.7. The number of carbonyl (C=O) groups is 2. The van der Waals surface area contributed by atoms with Crippen LogP contribution in [0.2, 0.25) is 5.02 Å². The number of hydrogen-bond donors (Lipinski definition) is 1. The molecule has 0 atom stereocenters. The van der Waals surface area contributed by atoms with Crippen molar-refractivity contribution in [1.29, 1.82) is 0 Å². The van der Waals surface area contributed by atoms with Crippen molar-refractivity contribution in [3.63, 3.8) is 0 Å². The van der Waals surface area contributed by atoms with Gasteiger partial charge in [-0.25, -0.2) is 0 Å². The molecular weight excluding hydrogens is 392 g/mol. The number of thioether (sulfide) groups is 1. The molecule has 1 N–H and O–H groups in total. The van der Waals surface area contributed by atoms with Crippen molar-refractivity contribution in [2.45, 2.75) is 19.8 Å². The van der Waals surface area contributed by atoms with E-state index in [-0.39, 0.29) is 18.4 Å². The maximum Gasteiger partial charge on any atom is 0.263 e. The zero-order valence-electron chi connectivity index (χ0n) is 14.3. The average molecular weight is 411 g/mol. The number of piperidine rings is 1. The van der Waals surface area contributed by atoms with Crippen molar-refractivity contribution in [3.05, 3.63) is 33.7 Å². The first-order valence-corrected chi connectivity index (χ1v) is 9.97. The summed E-state index contributed by atoms with van der Waals surface area (Å²) in [7, 11) is 0. The lowest BCUT2D eigenvalue weighted by Crippen LogP contribution is -2.40. The lowest BCUT2D eigenvalue weighted by atomic mass is 9.99. The van der Waals surface area contributed by atoms with Crippen LogP contribution in [-0.4, -0.2) is 40.7 Å². The number of thiocarbonyl (C=S) groups is 1. The summed E-state index contributed by atoms with van der Waals surface area (Å²) in [5, 5.41) is 3.09. The number of likely N-dealkylation sites (tertiary alicyclic amines) is 1. The number of rotatable bonds is 4. The molecule has 0 aromatic heterocycles. The molecule has 1 aromatic carbocycles. The lowest BCUT2D eigenvalue weighted by molar-refractivity contribution is -0.134. The molecule has 2 heterocycles. The van der Waals surface area contributed by atoms with Crippen LogP contribution in [0.1, 0.15) is 25.3 Å². The predicted octanol–water partition coefficient (Wildman–Crippen LogP) is 3.47. The minimum Gasteiger partial charge on any atom is -0.483 e. The topological polar surface area (TPSA) is 58.6 Å². The quantitative estimate of drug-likeness (QED) is 0.608.